The molecule has 1 N–H and O–H groups in total. The van der Waals surface area contributed by atoms with E-state index >= 15 is 0 Å². The molecule has 2 aliphatic rings. The summed E-state index contributed by atoms with van der Waals surface area (Å²) in [7, 11) is 0. The molecular formula is C19H22N2O5. The number of carbonyl (C=O) groups is 4. The van der Waals surface area contributed by atoms with Gasteiger partial charge in [-0.15, -0.1) is 0 Å². The first-order chi connectivity index (χ1) is 12.2. The first-order valence-corrected chi connectivity index (χ1v) is 8.62. The molecule has 1 aliphatic carbocycles. The number of rotatable bonds is 6. The SMILES string of the molecule is Cc1ccc(C)c(C(=O)COC(=O)CN2C(=O)N[C@@](C)(C3CC3)C2=O)c1. The molecule has 1 saturated heterocycles. The predicted molar refractivity (Wildman–Crippen MR) is 92.6 cm³/mol. The molecular weight excluding hydrogens is 336 g/mol. The van der Waals surface area contributed by atoms with Crippen molar-refractivity contribution in [2.75, 3.05) is 13.2 Å². The van der Waals surface area contributed by atoms with Crippen LogP contribution >= 0.6 is 0 Å². The van der Waals surface area contributed by atoms with Gasteiger partial charge in [0.2, 0.25) is 5.78 Å². The molecule has 2 fully saturated rings. The van der Waals surface area contributed by atoms with Gasteiger partial charge in [0, 0.05) is 5.56 Å². The Morgan fingerprint density at radius 2 is 1.96 bits per heavy atom. The number of aryl methyl sites for hydroxylation is 2. The Kier molecular flexibility index (Phi) is 4.56. The first kappa shape index (κ1) is 18.1. The van der Waals surface area contributed by atoms with Gasteiger partial charge in [0.15, 0.2) is 6.61 Å². The average molecular weight is 358 g/mol. The van der Waals surface area contributed by atoms with Crippen molar-refractivity contribution in [1.29, 1.82) is 0 Å². The van der Waals surface area contributed by atoms with Crippen LogP contribution in [0.5, 0.6) is 0 Å². The lowest BCUT2D eigenvalue weighted by Gasteiger charge is -2.20. The fraction of sp³-hybridized carbons (Fsp3) is 0.474. The normalized spacial score (nSPS) is 22.3. The van der Waals surface area contributed by atoms with Crippen LogP contribution in [0.15, 0.2) is 18.2 Å². The largest absolute Gasteiger partial charge is 0.456 e. The van der Waals surface area contributed by atoms with Crippen molar-refractivity contribution in [3.8, 4) is 0 Å². The second kappa shape index (κ2) is 6.55. The number of ketones is 1. The molecule has 3 amide bonds. The number of amides is 3. The van der Waals surface area contributed by atoms with Crippen molar-refractivity contribution < 1.29 is 23.9 Å². The Hall–Kier alpha value is -2.70. The number of nitrogens with zero attached hydrogens (tertiary/aromatic N) is 1. The van der Waals surface area contributed by atoms with E-state index in [0.717, 1.165) is 28.9 Å². The van der Waals surface area contributed by atoms with Gasteiger partial charge in [0.25, 0.3) is 5.91 Å². The maximum Gasteiger partial charge on any atom is 0.326 e. The molecule has 138 valence electrons. The van der Waals surface area contributed by atoms with E-state index in [1.165, 1.54) is 0 Å². The second-order valence-corrected chi connectivity index (χ2v) is 7.20. The Morgan fingerprint density at radius 3 is 2.62 bits per heavy atom. The Bertz CT molecular complexity index is 799. The van der Waals surface area contributed by atoms with Crippen LogP contribution in [-0.2, 0) is 14.3 Å². The molecule has 1 aromatic carbocycles. The maximum absolute atomic E-state index is 12.5. The van der Waals surface area contributed by atoms with E-state index in [1.54, 1.807) is 19.9 Å². The minimum atomic E-state index is -0.939. The predicted octanol–water partition coefficient (Wildman–Crippen LogP) is 1.75. The monoisotopic (exact) mass is 358 g/mol. The van der Waals surface area contributed by atoms with Gasteiger partial charge in [0.05, 0.1) is 0 Å². The summed E-state index contributed by atoms with van der Waals surface area (Å²) in [5.41, 5.74) is 1.29. The zero-order valence-electron chi connectivity index (χ0n) is 15.1. The van der Waals surface area contributed by atoms with Crippen LogP contribution in [0, 0.1) is 19.8 Å². The van der Waals surface area contributed by atoms with E-state index in [2.05, 4.69) is 5.32 Å². The van der Waals surface area contributed by atoms with Crippen molar-refractivity contribution in [2.24, 2.45) is 5.92 Å². The van der Waals surface area contributed by atoms with E-state index in [-0.39, 0.29) is 11.7 Å². The highest BCUT2D eigenvalue weighted by Gasteiger charge is 2.56. The third-order valence-electron chi connectivity index (χ3n) is 5.04. The fourth-order valence-corrected chi connectivity index (χ4v) is 3.23. The summed E-state index contributed by atoms with van der Waals surface area (Å²) in [6.45, 7) is 4.44. The number of imide groups is 1. The summed E-state index contributed by atoms with van der Waals surface area (Å²) in [5.74, 6) is -1.40. The minimum Gasteiger partial charge on any atom is -0.456 e. The molecule has 1 heterocycles. The van der Waals surface area contributed by atoms with Crippen LogP contribution in [-0.4, -0.2) is 47.3 Å². The van der Waals surface area contributed by atoms with E-state index in [4.69, 9.17) is 4.74 Å². The summed E-state index contributed by atoms with van der Waals surface area (Å²) in [5, 5.41) is 2.66. The standard InChI is InChI=1S/C19H22N2O5/c1-11-4-5-12(2)14(8-11)15(22)10-26-16(23)9-21-17(24)19(3,13-6-7-13)20-18(21)25/h4-5,8,13H,6-7,9-10H2,1-3H3,(H,20,25)/t19-/m0/s1. The zero-order valence-corrected chi connectivity index (χ0v) is 15.1. The molecule has 0 aromatic heterocycles. The Balaban J connectivity index is 1.57. The van der Waals surface area contributed by atoms with Crippen LogP contribution in [0.25, 0.3) is 0 Å². The van der Waals surface area contributed by atoms with Crippen LogP contribution in [0.2, 0.25) is 0 Å². The number of hydrogen-bond donors (Lipinski definition) is 1. The molecule has 7 nitrogen and oxygen atoms in total. The smallest absolute Gasteiger partial charge is 0.326 e. The summed E-state index contributed by atoms with van der Waals surface area (Å²) < 4.78 is 4.99. The molecule has 0 radical (unpaired) electrons. The quantitative estimate of drug-likeness (QED) is 0.475. The molecule has 0 spiro atoms. The van der Waals surface area contributed by atoms with Gasteiger partial charge in [-0.3, -0.25) is 19.3 Å². The average Bonchev–Trinajstić information content (AvgIpc) is 3.41. The number of ether oxygens (including phenoxy) is 1. The highest BCUT2D eigenvalue weighted by atomic mass is 16.5. The summed E-state index contributed by atoms with van der Waals surface area (Å²) in [6, 6.07) is 4.87. The van der Waals surface area contributed by atoms with Gasteiger partial charge in [-0.2, -0.15) is 0 Å². The number of benzene rings is 1. The maximum atomic E-state index is 12.5. The summed E-state index contributed by atoms with van der Waals surface area (Å²) >= 11 is 0. The molecule has 1 aromatic rings. The van der Waals surface area contributed by atoms with Crippen LogP contribution in [0.4, 0.5) is 4.79 Å². The van der Waals surface area contributed by atoms with Gasteiger partial charge in [-0.05, 0) is 51.2 Å². The third-order valence-corrected chi connectivity index (χ3v) is 5.04. The topological polar surface area (TPSA) is 92.8 Å². The third kappa shape index (κ3) is 3.34. The number of carbonyl (C=O) groups excluding carboxylic acids is 4. The van der Waals surface area contributed by atoms with Gasteiger partial charge in [-0.1, -0.05) is 17.7 Å². The Labute approximate surface area is 151 Å². The number of urea groups is 1. The van der Waals surface area contributed by atoms with Crippen LogP contribution in [0.3, 0.4) is 0 Å². The summed E-state index contributed by atoms with van der Waals surface area (Å²) in [6.07, 6.45) is 1.76. The fourth-order valence-electron chi connectivity index (χ4n) is 3.23. The molecule has 1 aliphatic heterocycles. The van der Waals surface area contributed by atoms with Crippen LogP contribution in [0.1, 0.15) is 41.3 Å². The summed E-state index contributed by atoms with van der Waals surface area (Å²) in [4.78, 5) is 49.6. The molecule has 0 bridgehead atoms. The molecule has 26 heavy (non-hydrogen) atoms. The first-order valence-electron chi connectivity index (χ1n) is 8.62. The highest BCUT2D eigenvalue weighted by molar-refractivity contribution is 6.09. The lowest BCUT2D eigenvalue weighted by Crippen LogP contribution is -2.46. The van der Waals surface area contributed by atoms with E-state index in [9.17, 15) is 19.2 Å². The van der Waals surface area contributed by atoms with E-state index < -0.39 is 36.6 Å². The van der Waals surface area contributed by atoms with Gasteiger partial charge in [-0.25, -0.2) is 4.79 Å². The molecule has 1 saturated carbocycles. The van der Waals surface area contributed by atoms with Gasteiger partial charge in [0.1, 0.15) is 12.1 Å². The molecule has 3 rings (SSSR count). The number of nitrogens with one attached hydrogen (secondary N) is 1. The van der Waals surface area contributed by atoms with Crippen molar-refractivity contribution in [3.05, 3.63) is 34.9 Å². The number of esters is 1. The Morgan fingerprint density at radius 1 is 1.27 bits per heavy atom. The second-order valence-electron chi connectivity index (χ2n) is 7.20. The zero-order chi connectivity index (χ0) is 19.1. The van der Waals surface area contributed by atoms with Gasteiger partial charge >= 0.3 is 12.0 Å². The van der Waals surface area contributed by atoms with E-state index in [1.807, 2.05) is 19.1 Å². The van der Waals surface area contributed by atoms with Crippen LogP contribution < -0.4 is 5.32 Å². The van der Waals surface area contributed by atoms with E-state index in [0.29, 0.717) is 5.56 Å². The molecule has 7 heteroatoms. The van der Waals surface area contributed by atoms with Crippen molar-refractivity contribution >= 4 is 23.7 Å². The number of Topliss-reactive ketones (excluding diaryl/α,β-unsaturated/α-hetero) is 1. The highest BCUT2D eigenvalue weighted by Crippen LogP contribution is 2.42. The van der Waals surface area contributed by atoms with Gasteiger partial charge < -0.3 is 10.1 Å². The lowest BCUT2D eigenvalue weighted by molar-refractivity contribution is -0.146. The molecule has 1 atom stereocenters. The van der Waals surface area contributed by atoms with Crippen molar-refractivity contribution in [1.82, 2.24) is 10.2 Å². The lowest BCUT2D eigenvalue weighted by atomic mass is 9.96. The number of hydrogen-bond acceptors (Lipinski definition) is 5. The van der Waals surface area contributed by atoms with Crippen molar-refractivity contribution in [3.63, 3.8) is 0 Å². The van der Waals surface area contributed by atoms with Crippen molar-refractivity contribution in [2.45, 2.75) is 39.2 Å². The minimum absolute atomic E-state index is 0.117. The molecule has 0 unspecified atom stereocenters.